The van der Waals surface area contributed by atoms with Gasteiger partial charge in [0.1, 0.15) is 11.5 Å². The van der Waals surface area contributed by atoms with Crippen molar-refractivity contribution in [2.24, 2.45) is 5.41 Å². The Kier molecular flexibility index (Phi) is 4.92. The molecule has 0 radical (unpaired) electrons. The Morgan fingerprint density at radius 3 is 2.74 bits per heavy atom. The molecule has 0 unspecified atom stereocenters. The lowest BCUT2D eigenvalue weighted by Gasteiger charge is -2.34. The van der Waals surface area contributed by atoms with Crippen LogP contribution in [0.1, 0.15) is 50.7 Å². The summed E-state index contributed by atoms with van der Waals surface area (Å²) in [6.45, 7) is 7.80. The van der Waals surface area contributed by atoms with Crippen LogP contribution in [0.15, 0.2) is 42.7 Å². The maximum absolute atomic E-state index is 6.09. The highest BCUT2D eigenvalue weighted by Crippen LogP contribution is 2.35. The molecule has 142 valence electrons. The normalized spacial score (nSPS) is 17.3. The second kappa shape index (κ2) is 7.35. The third-order valence-electron chi connectivity index (χ3n) is 5.79. The van der Waals surface area contributed by atoms with Gasteiger partial charge in [0.25, 0.3) is 0 Å². The predicted octanol–water partition coefficient (Wildman–Crippen LogP) is 5.72. The van der Waals surface area contributed by atoms with E-state index in [0.717, 1.165) is 34.6 Å². The molecule has 0 saturated heterocycles. The fraction of sp³-hybridized carbons (Fsp3) is 0.435. The van der Waals surface area contributed by atoms with Crippen molar-refractivity contribution in [2.75, 3.05) is 0 Å². The quantitative estimate of drug-likeness (QED) is 0.609. The number of H-pyrrole nitrogens is 1. The lowest BCUT2D eigenvalue weighted by atomic mass is 9.75. The highest BCUT2D eigenvalue weighted by Gasteiger charge is 2.26. The number of aromatic nitrogens is 2. The Bertz CT molecular complexity index is 918. The number of rotatable bonds is 5. The average molecular weight is 364 g/mol. The van der Waals surface area contributed by atoms with Crippen LogP contribution in [0.4, 0.5) is 0 Å². The summed E-state index contributed by atoms with van der Waals surface area (Å²) >= 11 is 0. The van der Waals surface area contributed by atoms with E-state index < -0.39 is 0 Å². The van der Waals surface area contributed by atoms with Crippen LogP contribution in [0.2, 0.25) is 0 Å². The SMILES string of the molecule is Cc1cc(CNC2CCC(C)(C)CC2)ccc1Oc1ccc2nc[nH]c2c1. The number of imidazole rings is 1. The van der Waals surface area contributed by atoms with Crippen molar-refractivity contribution >= 4 is 11.0 Å². The van der Waals surface area contributed by atoms with Gasteiger partial charge in [-0.25, -0.2) is 4.98 Å². The summed E-state index contributed by atoms with van der Waals surface area (Å²) in [6, 6.07) is 13.0. The molecule has 1 saturated carbocycles. The number of nitrogens with one attached hydrogen (secondary N) is 2. The number of aryl methyl sites for hydroxylation is 1. The van der Waals surface area contributed by atoms with Gasteiger partial charge in [0.15, 0.2) is 0 Å². The van der Waals surface area contributed by atoms with Crippen molar-refractivity contribution in [1.82, 2.24) is 15.3 Å². The summed E-state index contributed by atoms with van der Waals surface area (Å²) < 4.78 is 6.09. The van der Waals surface area contributed by atoms with Crippen molar-refractivity contribution in [3.63, 3.8) is 0 Å². The minimum Gasteiger partial charge on any atom is -0.457 e. The molecule has 4 rings (SSSR count). The van der Waals surface area contributed by atoms with Crippen LogP contribution in [-0.2, 0) is 6.54 Å². The molecular weight excluding hydrogens is 334 g/mol. The minimum atomic E-state index is 0.521. The molecule has 0 spiro atoms. The summed E-state index contributed by atoms with van der Waals surface area (Å²) in [5.74, 6) is 1.72. The second-order valence-electron chi connectivity index (χ2n) is 8.60. The van der Waals surface area contributed by atoms with Crippen molar-refractivity contribution in [3.05, 3.63) is 53.9 Å². The molecule has 4 nitrogen and oxygen atoms in total. The van der Waals surface area contributed by atoms with E-state index in [9.17, 15) is 0 Å². The van der Waals surface area contributed by atoms with Crippen LogP contribution in [0.3, 0.4) is 0 Å². The van der Waals surface area contributed by atoms with E-state index in [1.54, 1.807) is 6.33 Å². The summed E-state index contributed by atoms with van der Waals surface area (Å²) in [7, 11) is 0. The number of hydrogen-bond acceptors (Lipinski definition) is 3. The first-order chi connectivity index (χ1) is 13.0. The Labute approximate surface area is 161 Å². The van der Waals surface area contributed by atoms with E-state index in [-0.39, 0.29) is 0 Å². The maximum atomic E-state index is 6.09. The van der Waals surface area contributed by atoms with E-state index >= 15 is 0 Å². The fourth-order valence-electron chi connectivity index (χ4n) is 3.91. The highest BCUT2D eigenvalue weighted by molar-refractivity contribution is 5.76. The van der Waals surface area contributed by atoms with Gasteiger partial charge in [0.2, 0.25) is 0 Å². The topological polar surface area (TPSA) is 49.9 Å². The van der Waals surface area contributed by atoms with E-state index in [1.165, 1.54) is 31.2 Å². The molecule has 0 atom stereocenters. The zero-order valence-electron chi connectivity index (χ0n) is 16.5. The molecular formula is C23H29N3O. The predicted molar refractivity (Wildman–Crippen MR) is 110 cm³/mol. The first-order valence-electron chi connectivity index (χ1n) is 9.92. The highest BCUT2D eigenvalue weighted by atomic mass is 16.5. The number of hydrogen-bond donors (Lipinski definition) is 2. The molecule has 27 heavy (non-hydrogen) atoms. The van der Waals surface area contributed by atoms with Crippen LogP contribution in [0, 0.1) is 12.3 Å². The largest absolute Gasteiger partial charge is 0.457 e. The zero-order valence-corrected chi connectivity index (χ0v) is 16.5. The molecule has 1 aliphatic rings. The monoisotopic (exact) mass is 363 g/mol. The zero-order chi connectivity index (χ0) is 18.9. The van der Waals surface area contributed by atoms with Gasteiger partial charge in [-0.05, 0) is 67.3 Å². The number of benzene rings is 2. The number of aromatic amines is 1. The molecule has 1 aliphatic carbocycles. The Balaban J connectivity index is 1.37. The van der Waals surface area contributed by atoms with Crippen molar-refractivity contribution in [1.29, 1.82) is 0 Å². The van der Waals surface area contributed by atoms with E-state index in [0.29, 0.717) is 11.5 Å². The van der Waals surface area contributed by atoms with Gasteiger partial charge in [-0.15, -0.1) is 0 Å². The van der Waals surface area contributed by atoms with Crippen LogP contribution < -0.4 is 10.1 Å². The van der Waals surface area contributed by atoms with Gasteiger partial charge in [-0.2, -0.15) is 0 Å². The van der Waals surface area contributed by atoms with Crippen LogP contribution >= 0.6 is 0 Å². The third-order valence-corrected chi connectivity index (χ3v) is 5.79. The smallest absolute Gasteiger partial charge is 0.130 e. The van der Waals surface area contributed by atoms with Crippen molar-refractivity contribution in [2.45, 2.75) is 59.0 Å². The van der Waals surface area contributed by atoms with Crippen LogP contribution in [-0.4, -0.2) is 16.0 Å². The lowest BCUT2D eigenvalue weighted by molar-refractivity contribution is 0.206. The molecule has 0 amide bonds. The van der Waals surface area contributed by atoms with Gasteiger partial charge in [0.05, 0.1) is 17.4 Å². The molecule has 3 aromatic rings. The van der Waals surface area contributed by atoms with Gasteiger partial charge in [0, 0.05) is 18.7 Å². The standard InChI is InChI=1S/C23H29N3O/c1-16-12-17(14-24-18-8-10-23(2,3)11-9-18)4-7-22(16)27-19-5-6-20-21(13-19)26-15-25-20/h4-7,12-13,15,18,24H,8-11,14H2,1-3H3,(H,25,26). The van der Waals surface area contributed by atoms with E-state index in [1.807, 2.05) is 18.2 Å². The molecule has 0 bridgehead atoms. The molecule has 4 heteroatoms. The number of fused-ring (bicyclic) bond motifs is 1. The summed E-state index contributed by atoms with van der Waals surface area (Å²) in [5.41, 5.74) is 4.93. The Morgan fingerprint density at radius 2 is 1.96 bits per heavy atom. The third kappa shape index (κ3) is 4.33. The van der Waals surface area contributed by atoms with Gasteiger partial charge < -0.3 is 15.0 Å². The maximum Gasteiger partial charge on any atom is 0.130 e. The number of nitrogens with zero attached hydrogens (tertiary/aromatic N) is 1. The summed E-state index contributed by atoms with van der Waals surface area (Å²) in [5, 5.41) is 3.74. The van der Waals surface area contributed by atoms with Gasteiger partial charge >= 0.3 is 0 Å². The van der Waals surface area contributed by atoms with Crippen LogP contribution in [0.5, 0.6) is 11.5 Å². The Hall–Kier alpha value is -2.33. The van der Waals surface area contributed by atoms with Crippen LogP contribution in [0.25, 0.3) is 11.0 Å². The Morgan fingerprint density at radius 1 is 1.15 bits per heavy atom. The molecule has 1 fully saturated rings. The first kappa shape index (κ1) is 18.1. The lowest BCUT2D eigenvalue weighted by Crippen LogP contribution is -2.35. The minimum absolute atomic E-state index is 0.521. The van der Waals surface area contributed by atoms with Gasteiger partial charge in [-0.1, -0.05) is 26.0 Å². The molecule has 2 N–H and O–H groups in total. The average Bonchev–Trinajstić information content (AvgIpc) is 3.11. The van der Waals surface area contributed by atoms with Crippen molar-refractivity contribution < 1.29 is 4.74 Å². The molecule has 0 aliphatic heterocycles. The van der Waals surface area contributed by atoms with Gasteiger partial charge in [-0.3, -0.25) is 0 Å². The molecule has 1 heterocycles. The second-order valence-corrected chi connectivity index (χ2v) is 8.60. The molecule has 1 aromatic heterocycles. The number of ether oxygens (including phenoxy) is 1. The first-order valence-corrected chi connectivity index (χ1v) is 9.92. The molecule has 2 aromatic carbocycles. The fourth-order valence-corrected chi connectivity index (χ4v) is 3.91. The van der Waals surface area contributed by atoms with E-state index in [2.05, 4.69) is 54.3 Å². The summed E-state index contributed by atoms with van der Waals surface area (Å²) in [4.78, 5) is 7.37. The summed E-state index contributed by atoms with van der Waals surface area (Å²) in [6.07, 6.45) is 6.90. The van der Waals surface area contributed by atoms with Crippen molar-refractivity contribution in [3.8, 4) is 11.5 Å². The van der Waals surface area contributed by atoms with E-state index in [4.69, 9.17) is 4.74 Å².